The molecule has 98 valence electrons. The number of aromatic hydroxyl groups is 2. The van der Waals surface area contributed by atoms with Crippen molar-refractivity contribution in [2.24, 2.45) is 0 Å². The van der Waals surface area contributed by atoms with Crippen LogP contribution < -0.4 is 5.32 Å². The SMILES string of the molecule is O=C(Cc1ccc(O)cc1)NCc1ccccc1O. The van der Waals surface area contributed by atoms with E-state index in [4.69, 9.17) is 5.11 Å². The van der Waals surface area contributed by atoms with Gasteiger partial charge in [-0.1, -0.05) is 30.3 Å². The number of carbonyl (C=O) groups is 1. The first-order valence-electron chi connectivity index (χ1n) is 5.96. The highest BCUT2D eigenvalue weighted by molar-refractivity contribution is 5.78. The average molecular weight is 257 g/mol. The molecule has 0 unspecified atom stereocenters. The monoisotopic (exact) mass is 257 g/mol. The second-order valence-electron chi connectivity index (χ2n) is 4.25. The Bertz CT molecular complexity index is 564. The first-order valence-corrected chi connectivity index (χ1v) is 5.96. The molecular weight excluding hydrogens is 242 g/mol. The van der Waals surface area contributed by atoms with E-state index >= 15 is 0 Å². The molecule has 2 aromatic carbocycles. The Labute approximate surface area is 111 Å². The molecular formula is C15H15NO3. The maximum Gasteiger partial charge on any atom is 0.224 e. The van der Waals surface area contributed by atoms with Gasteiger partial charge in [0.25, 0.3) is 0 Å². The number of benzene rings is 2. The molecule has 4 heteroatoms. The van der Waals surface area contributed by atoms with Crippen molar-refractivity contribution in [1.82, 2.24) is 5.32 Å². The number of phenolic OH excluding ortho intramolecular Hbond substituents is 2. The molecule has 4 nitrogen and oxygen atoms in total. The third kappa shape index (κ3) is 3.74. The Morgan fingerprint density at radius 1 is 1.00 bits per heavy atom. The van der Waals surface area contributed by atoms with Crippen LogP contribution in [0, 0.1) is 0 Å². The largest absolute Gasteiger partial charge is 0.508 e. The van der Waals surface area contributed by atoms with Gasteiger partial charge in [0, 0.05) is 12.1 Å². The molecule has 0 aliphatic heterocycles. The lowest BCUT2D eigenvalue weighted by atomic mass is 10.1. The maximum absolute atomic E-state index is 11.7. The topological polar surface area (TPSA) is 69.6 Å². The first kappa shape index (κ1) is 13.0. The van der Waals surface area contributed by atoms with Gasteiger partial charge in [-0.3, -0.25) is 4.79 Å². The molecule has 0 radical (unpaired) electrons. The summed E-state index contributed by atoms with van der Waals surface area (Å²) < 4.78 is 0. The molecule has 2 rings (SSSR count). The summed E-state index contributed by atoms with van der Waals surface area (Å²) in [5, 5.41) is 21.5. The number of hydrogen-bond donors (Lipinski definition) is 3. The standard InChI is InChI=1S/C15H15NO3/c17-13-7-5-11(6-8-13)9-15(19)16-10-12-3-1-2-4-14(12)18/h1-8,17-18H,9-10H2,(H,16,19). The number of amides is 1. The highest BCUT2D eigenvalue weighted by Gasteiger charge is 2.05. The van der Waals surface area contributed by atoms with Gasteiger partial charge in [-0.15, -0.1) is 0 Å². The first-order chi connectivity index (χ1) is 9.15. The molecule has 0 bridgehead atoms. The minimum absolute atomic E-state index is 0.131. The second kappa shape index (κ2) is 5.91. The summed E-state index contributed by atoms with van der Waals surface area (Å²) in [6, 6.07) is 13.4. The van der Waals surface area contributed by atoms with Crippen LogP contribution in [-0.2, 0) is 17.8 Å². The van der Waals surface area contributed by atoms with Gasteiger partial charge in [-0.2, -0.15) is 0 Å². The number of hydrogen-bond acceptors (Lipinski definition) is 3. The fourth-order valence-electron chi connectivity index (χ4n) is 1.72. The van der Waals surface area contributed by atoms with Crippen molar-refractivity contribution in [2.45, 2.75) is 13.0 Å². The molecule has 0 fully saturated rings. The number of para-hydroxylation sites is 1. The Kier molecular flexibility index (Phi) is 4.03. The molecule has 19 heavy (non-hydrogen) atoms. The van der Waals surface area contributed by atoms with E-state index in [-0.39, 0.29) is 23.8 Å². The number of nitrogens with one attached hydrogen (secondary N) is 1. The lowest BCUT2D eigenvalue weighted by Crippen LogP contribution is -2.24. The van der Waals surface area contributed by atoms with E-state index in [0.717, 1.165) is 5.56 Å². The zero-order valence-corrected chi connectivity index (χ0v) is 10.3. The Hall–Kier alpha value is -2.49. The van der Waals surface area contributed by atoms with E-state index < -0.39 is 0 Å². The highest BCUT2D eigenvalue weighted by atomic mass is 16.3. The molecule has 3 N–H and O–H groups in total. The molecule has 2 aromatic rings. The summed E-state index contributed by atoms with van der Waals surface area (Å²) in [7, 11) is 0. The summed E-state index contributed by atoms with van der Waals surface area (Å²) in [6.07, 6.45) is 0.244. The minimum atomic E-state index is -0.131. The van der Waals surface area contributed by atoms with E-state index in [1.165, 1.54) is 0 Å². The van der Waals surface area contributed by atoms with Crippen LogP contribution in [-0.4, -0.2) is 16.1 Å². The van der Waals surface area contributed by atoms with Crippen LogP contribution in [0.3, 0.4) is 0 Å². The van der Waals surface area contributed by atoms with Crippen LogP contribution in [0.4, 0.5) is 0 Å². The summed E-state index contributed by atoms with van der Waals surface area (Å²) in [4.78, 5) is 11.7. The van der Waals surface area contributed by atoms with Crippen molar-refractivity contribution < 1.29 is 15.0 Å². The molecule has 0 spiro atoms. The molecule has 1 amide bonds. The summed E-state index contributed by atoms with van der Waals surface area (Å²) in [5.41, 5.74) is 1.51. The lowest BCUT2D eigenvalue weighted by molar-refractivity contribution is -0.120. The van der Waals surface area contributed by atoms with Crippen LogP contribution >= 0.6 is 0 Å². The molecule has 0 aliphatic carbocycles. The van der Waals surface area contributed by atoms with E-state index in [9.17, 15) is 9.90 Å². The zero-order chi connectivity index (χ0) is 13.7. The van der Waals surface area contributed by atoms with Gasteiger partial charge in [0.05, 0.1) is 6.42 Å². The molecule has 0 heterocycles. The highest BCUT2D eigenvalue weighted by Crippen LogP contribution is 2.15. The van der Waals surface area contributed by atoms with Gasteiger partial charge >= 0.3 is 0 Å². The van der Waals surface area contributed by atoms with E-state index in [1.54, 1.807) is 48.5 Å². The molecule has 0 atom stereocenters. The molecule has 0 saturated carbocycles. The third-order valence-corrected chi connectivity index (χ3v) is 2.77. The van der Waals surface area contributed by atoms with Crippen molar-refractivity contribution in [1.29, 1.82) is 0 Å². The average Bonchev–Trinajstić information content (AvgIpc) is 2.40. The number of carbonyl (C=O) groups excluding carboxylic acids is 1. The lowest BCUT2D eigenvalue weighted by Gasteiger charge is -2.07. The molecule has 0 aromatic heterocycles. The molecule has 0 aliphatic rings. The van der Waals surface area contributed by atoms with Crippen LogP contribution in [0.2, 0.25) is 0 Å². The van der Waals surface area contributed by atoms with Gasteiger partial charge in [-0.05, 0) is 23.8 Å². The Morgan fingerprint density at radius 2 is 1.68 bits per heavy atom. The molecule has 0 saturated heterocycles. The summed E-state index contributed by atoms with van der Waals surface area (Å²) in [6.45, 7) is 0.295. The number of phenols is 2. The van der Waals surface area contributed by atoms with Crippen molar-refractivity contribution in [2.75, 3.05) is 0 Å². The fraction of sp³-hybridized carbons (Fsp3) is 0.133. The zero-order valence-electron chi connectivity index (χ0n) is 10.3. The van der Waals surface area contributed by atoms with E-state index in [1.807, 2.05) is 0 Å². The van der Waals surface area contributed by atoms with Crippen LogP contribution in [0.1, 0.15) is 11.1 Å². The van der Waals surface area contributed by atoms with Gasteiger partial charge in [-0.25, -0.2) is 0 Å². The van der Waals surface area contributed by atoms with Gasteiger partial charge < -0.3 is 15.5 Å². The Balaban J connectivity index is 1.88. The van der Waals surface area contributed by atoms with Crippen molar-refractivity contribution in [3.63, 3.8) is 0 Å². The van der Waals surface area contributed by atoms with Gasteiger partial charge in [0.1, 0.15) is 11.5 Å². The summed E-state index contributed by atoms with van der Waals surface area (Å²) >= 11 is 0. The van der Waals surface area contributed by atoms with E-state index in [0.29, 0.717) is 12.1 Å². The quantitative estimate of drug-likeness (QED) is 0.784. The van der Waals surface area contributed by atoms with Crippen molar-refractivity contribution in [3.05, 3.63) is 59.7 Å². The number of rotatable bonds is 4. The fourth-order valence-corrected chi connectivity index (χ4v) is 1.72. The Morgan fingerprint density at radius 3 is 2.37 bits per heavy atom. The third-order valence-electron chi connectivity index (χ3n) is 2.77. The van der Waals surface area contributed by atoms with Gasteiger partial charge in [0.2, 0.25) is 5.91 Å². The van der Waals surface area contributed by atoms with Crippen LogP contribution in [0.15, 0.2) is 48.5 Å². The predicted molar refractivity (Wildman–Crippen MR) is 71.8 cm³/mol. The van der Waals surface area contributed by atoms with E-state index in [2.05, 4.69) is 5.32 Å². The van der Waals surface area contributed by atoms with Gasteiger partial charge in [0.15, 0.2) is 0 Å². The maximum atomic E-state index is 11.7. The smallest absolute Gasteiger partial charge is 0.224 e. The second-order valence-corrected chi connectivity index (χ2v) is 4.25. The van der Waals surface area contributed by atoms with Crippen molar-refractivity contribution in [3.8, 4) is 11.5 Å². The summed E-state index contributed by atoms with van der Waals surface area (Å²) in [5.74, 6) is 0.222. The van der Waals surface area contributed by atoms with Crippen molar-refractivity contribution >= 4 is 5.91 Å². The normalized spacial score (nSPS) is 10.1. The predicted octanol–water partition coefficient (Wildman–Crippen LogP) is 1.96. The minimum Gasteiger partial charge on any atom is -0.508 e. The van der Waals surface area contributed by atoms with Crippen LogP contribution in [0.5, 0.6) is 11.5 Å². The van der Waals surface area contributed by atoms with Crippen LogP contribution in [0.25, 0.3) is 0 Å².